The third-order valence-corrected chi connectivity index (χ3v) is 8.28. The summed E-state index contributed by atoms with van der Waals surface area (Å²) in [6, 6.07) is 17.0. The fraction of sp³-hybridized carbons (Fsp3) is 0.290. The lowest BCUT2D eigenvalue weighted by atomic mass is 9.91. The summed E-state index contributed by atoms with van der Waals surface area (Å²) in [5.41, 5.74) is 8.58. The van der Waals surface area contributed by atoms with Crippen LogP contribution in [0.4, 0.5) is 4.79 Å². The van der Waals surface area contributed by atoms with Gasteiger partial charge in [0.2, 0.25) is 0 Å². The van der Waals surface area contributed by atoms with Crippen molar-refractivity contribution in [1.82, 2.24) is 24.2 Å². The van der Waals surface area contributed by atoms with Gasteiger partial charge >= 0.3 is 6.09 Å². The topological polar surface area (TPSA) is 142 Å². The number of nitrogens with zero attached hydrogens (tertiary/aromatic N) is 5. The second-order valence-corrected chi connectivity index (χ2v) is 11.3. The van der Waals surface area contributed by atoms with Gasteiger partial charge in [-0.05, 0) is 42.2 Å². The van der Waals surface area contributed by atoms with Gasteiger partial charge in [0.1, 0.15) is 17.9 Å². The Bertz CT molecular complexity index is 1820. The van der Waals surface area contributed by atoms with E-state index in [-0.39, 0.29) is 24.2 Å². The highest BCUT2D eigenvalue weighted by molar-refractivity contribution is 6.31. The molecule has 222 valence electrons. The first kappa shape index (κ1) is 28.7. The van der Waals surface area contributed by atoms with Gasteiger partial charge < -0.3 is 20.0 Å². The van der Waals surface area contributed by atoms with Gasteiger partial charge in [-0.25, -0.2) is 9.78 Å². The van der Waals surface area contributed by atoms with Crippen molar-refractivity contribution in [3.05, 3.63) is 93.7 Å². The van der Waals surface area contributed by atoms with E-state index in [1.54, 1.807) is 18.0 Å². The number of aromatic nitrogens is 4. The van der Waals surface area contributed by atoms with E-state index in [1.807, 2.05) is 54.6 Å². The molecule has 0 atom stereocenters. The molecule has 6 rings (SSSR count). The Labute approximate surface area is 252 Å². The number of ether oxygens (including phenoxy) is 1. The van der Waals surface area contributed by atoms with Crippen LogP contribution in [0.3, 0.4) is 0 Å². The van der Waals surface area contributed by atoms with Crippen LogP contribution in [0.1, 0.15) is 24.0 Å². The number of hydrogen-bond acceptors (Lipinski definition) is 8. The summed E-state index contributed by atoms with van der Waals surface area (Å²) in [6.45, 7) is 2.17. The Hall–Kier alpha value is -4.45. The summed E-state index contributed by atoms with van der Waals surface area (Å²) in [7, 11) is 1.75. The number of carbonyl (C=O) groups is 1. The molecule has 0 unspecified atom stereocenters. The fourth-order valence-corrected chi connectivity index (χ4v) is 5.80. The first-order chi connectivity index (χ1) is 20.7. The van der Waals surface area contributed by atoms with Crippen molar-refractivity contribution in [3.63, 3.8) is 0 Å². The molecule has 0 aliphatic carbocycles. The van der Waals surface area contributed by atoms with Crippen LogP contribution >= 0.6 is 11.6 Å². The lowest BCUT2D eigenvalue weighted by molar-refractivity contribution is -0.0364. The minimum absolute atomic E-state index is 0.0682. The quantitative estimate of drug-likeness (QED) is 0.267. The molecule has 12 heteroatoms. The number of furan rings is 1. The van der Waals surface area contributed by atoms with Gasteiger partial charge in [0, 0.05) is 42.8 Å². The number of nitrogens with two attached hydrogens (primary N) is 1. The zero-order valence-corrected chi connectivity index (χ0v) is 24.3. The summed E-state index contributed by atoms with van der Waals surface area (Å²) >= 11 is 6.59. The first-order valence-corrected chi connectivity index (χ1v) is 14.3. The van der Waals surface area contributed by atoms with E-state index in [9.17, 15) is 14.7 Å². The van der Waals surface area contributed by atoms with E-state index in [0.717, 1.165) is 28.0 Å². The number of amides is 1. The molecule has 4 heterocycles. The molecule has 2 aromatic carbocycles. The molecule has 0 saturated carbocycles. The number of rotatable bonds is 8. The third kappa shape index (κ3) is 6.05. The second kappa shape index (κ2) is 11.7. The molecule has 43 heavy (non-hydrogen) atoms. The van der Waals surface area contributed by atoms with Crippen LogP contribution in [-0.4, -0.2) is 54.1 Å². The van der Waals surface area contributed by atoms with Crippen LogP contribution < -0.4 is 11.3 Å². The minimum atomic E-state index is -1.05. The highest BCUT2D eigenvalue weighted by Crippen LogP contribution is 2.30. The van der Waals surface area contributed by atoms with Gasteiger partial charge in [0.25, 0.3) is 5.56 Å². The Balaban J connectivity index is 1.13. The third-order valence-electron chi connectivity index (χ3n) is 7.92. The van der Waals surface area contributed by atoms with Crippen LogP contribution in [0, 0.1) is 0 Å². The van der Waals surface area contributed by atoms with Crippen LogP contribution in [0.25, 0.3) is 33.6 Å². The molecule has 1 aliphatic heterocycles. The van der Waals surface area contributed by atoms with Crippen molar-refractivity contribution in [1.29, 1.82) is 0 Å². The Morgan fingerprint density at radius 3 is 2.53 bits per heavy atom. The summed E-state index contributed by atoms with van der Waals surface area (Å²) < 4.78 is 13.4. The lowest BCUT2D eigenvalue weighted by Gasteiger charge is -2.38. The maximum atomic E-state index is 13.4. The zero-order valence-electron chi connectivity index (χ0n) is 23.6. The monoisotopic (exact) mass is 602 g/mol. The maximum absolute atomic E-state index is 13.4. The van der Waals surface area contributed by atoms with Crippen LogP contribution in [0.5, 0.6) is 0 Å². The number of aryl methyl sites for hydroxylation is 1. The van der Waals surface area contributed by atoms with Crippen molar-refractivity contribution in [2.75, 3.05) is 13.1 Å². The summed E-state index contributed by atoms with van der Waals surface area (Å²) in [5.74, 6) is 0.768. The van der Waals surface area contributed by atoms with Crippen molar-refractivity contribution in [2.24, 2.45) is 12.8 Å². The van der Waals surface area contributed by atoms with E-state index in [2.05, 4.69) is 15.0 Å². The average Bonchev–Trinajstić information content (AvgIpc) is 3.65. The molecule has 0 spiro atoms. The van der Waals surface area contributed by atoms with E-state index in [0.29, 0.717) is 48.7 Å². The van der Waals surface area contributed by atoms with Crippen molar-refractivity contribution in [2.45, 2.75) is 38.1 Å². The molecular weight excluding hydrogens is 572 g/mol. The molecule has 1 saturated heterocycles. The predicted octanol–water partition coefficient (Wildman–Crippen LogP) is 4.33. The number of halogens is 1. The van der Waals surface area contributed by atoms with Gasteiger partial charge in [0.15, 0.2) is 5.52 Å². The molecule has 1 amide bonds. The van der Waals surface area contributed by atoms with Gasteiger partial charge in [-0.2, -0.15) is 5.10 Å². The molecular formula is C31H31ClN6O5. The summed E-state index contributed by atoms with van der Waals surface area (Å²) in [4.78, 5) is 31.2. The Morgan fingerprint density at radius 2 is 1.86 bits per heavy atom. The van der Waals surface area contributed by atoms with Gasteiger partial charge in [-0.1, -0.05) is 48.0 Å². The molecule has 3 aromatic heterocycles. The number of likely N-dealkylation sites (tertiary alicyclic amines) is 1. The maximum Gasteiger partial charge on any atom is 0.404 e. The number of benzene rings is 2. The Morgan fingerprint density at radius 1 is 1.12 bits per heavy atom. The highest BCUT2D eigenvalue weighted by atomic mass is 35.5. The van der Waals surface area contributed by atoms with E-state index >= 15 is 0 Å². The fourth-order valence-electron chi connectivity index (χ4n) is 5.56. The largest absolute Gasteiger partial charge is 0.464 e. The van der Waals surface area contributed by atoms with Crippen molar-refractivity contribution < 1.29 is 19.1 Å². The smallest absolute Gasteiger partial charge is 0.404 e. The van der Waals surface area contributed by atoms with Crippen molar-refractivity contribution >= 4 is 28.7 Å². The molecule has 1 fully saturated rings. The number of carbonyl (C=O) groups excluding carboxylic acids is 1. The number of piperidine rings is 1. The van der Waals surface area contributed by atoms with Gasteiger partial charge in [0.05, 0.1) is 30.4 Å². The molecule has 3 N–H and O–H groups in total. The lowest BCUT2D eigenvalue weighted by Crippen LogP contribution is -2.47. The Kier molecular flexibility index (Phi) is 7.78. The predicted molar refractivity (Wildman–Crippen MR) is 161 cm³/mol. The molecule has 11 nitrogen and oxygen atoms in total. The number of hydrogen-bond donors (Lipinski definition) is 2. The first-order valence-electron chi connectivity index (χ1n) is 13.9. The summed E-state index contributed by atoms with van der Waals surface area (Å²) in [5, 5.41) is 16.6. The second-order valence-electron chi connectivity index (χ2n) is 10.9. The SMILES string of the molecule is Cn1nc2c(=O)n(CC3(O)CCN(Cc4ccc(-c5ccco5)cc4Cl)CC3)cnc2c1-c1ccc(COC(N)=O)cc1. The highest BCUT2D eigenvalue weighted by Gasteiger charge is 2.33. The molecule has 0 bridgehead atoms. The average molecular weight is 603 g/mol. The van der Waals surface area contributed by atoms with E-state index in [1.165, 1.54) is 10.9 Å². The van der Waals surface area contributed by atoms with E-state index in [4.69, 9.17) is 26.5 Å². The van der Waals surface area contributed by atoms with Gasteiger partial charge in [-0.3, -0.25) is 18.9 Å². The normalized spacial score (nSPS) is 15.1. The molecule has 0 radical (unpaired) electrons. The number of aliphatic hydroxyl groups is 1. The zero-order chi connectivity index (χ0) is 30.1. The minimum Gasteiger partial charge on any atom is -0.464 e. The number of primary amides is 1. The summed E-state index contributed by atoms with van der Waals surface area (Å²) in [6.07, 6.45) is 3.28. The molecule has 1 aliphatic rings. The van der Waals surface area contributed by atoms with Crippen molar-refractivity contribution in [3.8, 4) is 22.6 Å². The molecule has 5 aromatic rings. The van der Waals surface area contributed by atoms with Crippen LogP contribution in [-0.2, 0) is 31.5 Å². The number of fused-ring (bicyclic) bond motifs is 1. The van der Waals surface area contributed by atoms with Gasteiger partial charge in [-0.15, -0.1) is 0 Å². The van der Waals surface area contributed by atoms with Crippen LogP contribution in [0.2, 0.25) is 5.02 Å². The standard InChI is InChI=1S/C31H31ClN6O5/c1-36-28(21-6-4-20(5-7-21)17-43-30(33)40)26-27(35-36)29(39)38(19-34-26)18-31(41)10-12-37(13-11-31)16-23-9-8-22(15-24(23)32)25-3-2-14-42-25/h2-9,14-15,19,41H,10-13,16-18H2,1H3,(H2,33,40). The van der Waals surface area contributed by atoms with Crippen LogP contribution in [0.15, 0.2) is 76.4 Å². The van der Waals surface area contributed by atoms with E-state index < -0.39 is 11.7 Å².